The van der Waals surface area contributed by atoms with Gasteiger partial charge in [-0.2, -0.15) is 5.11 Å². The molecule has 3 heterocycles. The number of carbonyl (C=O) groups excluding carboxylic acids is 1. The Hall–Kier alpha value is -2.43. The molecule has 4 rings (SSSR count). The molecule has 0 fully saturated rings. The third-order valence-corrected chi connectivity index (χ3v) is 5.25. The van der Waals surface area contributed by atoms with Crippen molar-refractivity contribution in [2.75, 3.05) is 20.1 Å². The van der Waals surface area contributed by atoms with Gasteiger partial charge in [0.05, 0.1) is 17.5 Å². The molecule has 1 amide bonds. The number of carbonyl (C=O) groups is 1. The number of rotatable bonds is 2. The van der Waals surface area contributed by atoms with Crippen molar-refractivity contribution < 1.29 is 4.79 Å². The first-order chi connectivity index (χ1) is 11.2. The van der Waals surface area contributed by atoms with E-state index in [1.807, 2.05) is 30.1 Å². The molecule has 5 nitrogen and oxygen atoms in total. The average molecular weight is 308 g/mol. The molecular formula is C18H20N4O. The molecule has 1 aromatic rings. The van der Waals surface area contributed by atoms with Crippen LogP contribution in [0.4, 0.5) is 0 Å². The summed E-state index contributed by atoms with van der Waals surface area (Å²) in [5.41, 5.74) is 3.74. The summed E-state index contributed by atoms with van der Waals surface area (Å²) in [5, 5.41) is 11.9. The van der Waals surface area contributed by atoms with E-state index in [0.717, 1.165) is 47.6 Å². The molecule has 0 saturated carbocycles. The smallest absolute Gasteiger partial charge is 0.252 e. The molecule has 1 atom stereocenters. The lowest BCUT2D eigenvalue weighted by atomic mass is 9.63. The van der Waals surface area contributed by atoms with Crippen molar-refractivity contribution >= 4 is 5.91 Å². The van der Waals surface area contributed by atoms with E-state index in [0.29, 0.717) is 6.54 Å². The maximum atomic E-state index is 13.0. The van der Waals surface area contributed by atoms with Crippen LogP contribution in [0.5, 0.6) is 0 Å². The fourth-order valence-electron chi connectivity index (χ4n) is 4.07. The second-order valence-corrected chi connectivity index (χ2v) is 6.31. The zero-order valence-electron chi connectivity index (χ0n) is 13.5. The molecule has 0 saturated heterocycles. The van der Waals surface area contributed by atoms with Gasteiger partial charge in [-0.3, -0.25) is 4.79 Å². The minimum absolute atomic E-state index is 0.114. The van der Waals surface area contributed by atoms with Crippen LogP contribution in [0.2, 0.25) is 0 Å². The first-order valence-electron chi connectivity index (χ1n) is 8.11. The zero-order valence-corrected chi connectivity index (χ0v) is 13.5. The first kappa shape index (κ1) is 14.2. The molecule has 1 aromatic carbocycles. The number of nitrogens with zero attached hydrogens (tertiary/aromatic N) is 3. The molecule has 3 aliphatic rings. The van der Waals surface area contributed by atoms with Gasteiger partial charge in [-0.25, -0.2) is 0 Å². The highest BCUT2D eigenvalue weighted by Crippen LogP contribution is 2.50. The van der Waals surface area contributed by atoms with Gasteiger partial charge in [0.25, 0.3) is 5.91 Å². The summed E-state index contributed by atoms with van der Waals surface area (Å²) in [4.78, 5) is 14.9. The topological polar surface area (TPSA) is 57.1 Å². The van der Waals surface area contributed by atoms with Gasteiger partial charge in [0, 0.05) is 31.3 Å². The maximum Gasteiger partial charge on any atom is 0.252 e. The number of azo groups is 1. The van der Waals surface area contributed by atoms with Crippen LogP contribution < -0.4 is 5.32 Å². The van der Waals surface area contributed by atoms with Crippen molar-refractivity contribution in [3.8, 4) is 0 Å². The van der Waals surface area contributed by atoms with Crippen LogP contribution in [0.25, 0.3) is 0 Å². The van der Waals surface area contributed by atoms with Crippen LogP contribution >= 0.6 is 0 Å². The van der Waals surface area contributed by atoms with Gasteiger partial charge < -0.3 is 10.2 Å². The number of hydrogen-bond acceptors (Lipinski definition) is 4. The van der Waals surface area contributed by atoms with Crippen LogP contribution in [-0.4, -0.2) is 30.9 Å². The standard InChI is InChI=1S/C18H20N4O/c1-3-18(12-7-5-4-6-8-12)13-11-19-21-16(13)20-14-9-10-22(2)17(23)15(14)18/h4-8,20H,3,9-11H2,1-2H3. The number of hydrogen-bond donors (Lipinski definition) is 1. The summed E-state index contributed by atoms with van der Waals surface area (Å²) < 4.78 is 0. The van der Waals surface area contributed by atoms with E-state index in [4.69, 9.17) is 0 Å². The fourth-order valence-corrected chi connectivity index (χ4v) is 4.07. The number of likely N-dealkylation sites (N-methyl/N-ethyl adjacent to an activating group) is 1. The summed E-state index contributed by atoms with van der Waals surface area (Å²) in [6, 6.07) is 10.3. The van der Waals surface area contributed by atoms with E-state index >= 15 is 0 Å². The normalized spacial score (nSPS) is 26.3. The molecule has 0 aromatic heterocycles. The Morgan fingerprint density at radius 3 is 2.83 bits per heavy atom. The van der Waals surface area contributed by atoms with Crippen molar-refractivity contribution in [3.63, 3.8) is 0 Å². The Balaban J connectivity index is 2.00. The number of dihydropyridines is 1. The monoisotopic (exact) mass is 308 g/mol. The summed E-state index contributed by atoms with van der Waals surface area (Å²) in [5.74, 6) is 0.953. The second-order valence-electron chi connectivity index (χ2n) is 6.31. The van der Waals surface area contributed by atoms with Gasteiger partial charge >= 0.3 is 0 Å². The van der Waals surface area contributed by atoms with Gasteiger partial charge in [-0.15, -0.1) is 5.11 Å². The lowest BCUT2D eigenvalue weighted by Crippen LogP contribution is -2.49. The molecule has 3 aliphatic heterocycles. The Kier molecular flexibility index (Phi) is 3.11. The Bertz CT molecular complexity index is 762. The quantitative estimate of drug-likeness (QED) is 0.913. The first-order valence-corrected chi connectivity index (χ1v) is 8.11. The van der Waals surface area contributed by atoms with Crippen LogP contribution in [0.3, 0.4) is 0 Å². The van der Waals surface area contributed by atoms with Crippen LogP contribution in [0.1, 0.15) is 25.3 Å². The summed E-state index contributed by atoms with van der Waals surface area (Å²) >= 11 is 0. The van der Waals surface area contributed by atoms with E-state index in [-0.39, 0.29) is 5.91 Å². The van der Waals surface area contributed by atoms with E-state index < -0.39 is 5.41 Å². The van der Waals surface area contributed by atoms with Crippen LogP contribution in [0, 0.1) is 0 Å². The van der Waals surface area contributed by atoms with Gasteiger partial charge in [0.15, 0.2) is 5.82 Å². The van der Waals surface area contributed by atoms with Crippen molar-refractivity contribution in [3.05, 3.63) is 58.6 Å². The highest BCUT2D eigenvalue weighted by atomic mass is 16.2. The summed E-state index contributed by atoms with van der Waals surface area (Å²) in [6.07, 6.45) is 1.65. The molecule has 0 bridgehead atoms. The number of nitrogens with one attached hydrogen (secondary N) is 1. The van der Waals surface area contributed by atoms with Crippen molar-refractivity contribution in [2.45, 2.75) is 25.2 Å². The zero-order chi connectivity index (χ0) is 16.0. The third kappa shape index (κ3) is 1.82. The number of benzene rings is 1. The molecule has 118 valence electrons. The summed E-state index contributed by atoms with van der Waals surface area (Å²) in [7, 11) is 1.88. The Morgan fingerprint density at radius 2 is 2.09 bits per heavy atom. The van der Waals surface area contributed by atoms with Crippen molar-refractivity contribution in [2.24, 2.45) is 10.2 Å². The predicted molar refractivity (Wildman–Crippen MR) is 87.6 cm³/mol. The van der Waals surface area contributed by atoms with Gasteiger partial charge in [0.1, 0.15) is 0 Å². The minimum Gasteiger partial charge on any atom is -0.342 e. The van der Waals surface area contributed by atoms with Crippen molar-refractivity contribution in [1.82, 2.24) is 10.2 Å². The molecule has 5 heteroatoms. The molecule has 0 aliphatic carbocycles. The molecule has 0 radical (unpaired) electrons. The molecule has 1 unspecified atom stereocenters. The van der Waals surface area contributed by atoms with Gasteiger partial charge in [-0.1, -0.05) is 37.3 Å². The van der Waals surface area contributed by atoms with E-state index in [2.05, 4.69) is 34.6 Å². The lowest BCUT2D eigenvalue weighted by molar-refractivity contribution is -0.127. The SMILES string of the molecule is CCC1(c2ccccc2)C2=C(N=NC2)NC2=C1C(=O)N(C)CC2. The van der Waals surface area contributed by atoms with Crippen molar-refractivity contribution in [1.29, 1.82) is 0 Å². The largest absolute Gasteiger partial charge is 0.342 e. The maximum absolute atomic E-state index is 13.0. The molecular weight excluding hydrogens is 288 g/mol. The third-order valence-electron chi connectivity index (χ3n) is 5.25. The highest BCUT2D eigenvalue weighted by molar-refractivity contribution is 5.99. The van der Waals surface area contributed by atoms with Crippen LogP contribution in [-0.2, 0) is 10.2 Å². The lowest BCUT2D eigenvalue weighted by Gasteiger charge is -2.44. The molecule has 1 N–H and O–H groups in total. The second kappa shape index (κ2) is 5.05. The average Bonchev–Trinajstić information content (AvgIpc) is 3.06. The Labute approximate surface area is 135 Å². The van der Waals surface area contributed by atoms with Crippen LogP contribution in [0.15, 0.2) is 63.2 Å². The number of amides is 1. The minimum atomic E-state index is -0.424. The molecule has 23 heavy (non-hydrogen) atoms. The van der Waals surface area contributed by atoms with Gasteiger partial charge in [-0.05, 0) is 12.0 Å². The van der Waals surface area contributed by atoms with E-state index in [1.54, 1.807) is 0 Å². The Morgan fingerprint density at radius 1 is 1.30 bits per heavy atom. The van der Waals surface area contributed by atoms with E-state index in [9.17, 15) is 4.79 Å². The highest BCUT2D eigenvalue weighted by Gasteiger charge is 2.50. The predicted octanol–water partition coefficient (Wildman–Crippen LogP) is 2.73. The van der Waals surface area contributed by atoms with E-state index in [1.165, 1.54) is 0 Å². The fraction of sp³-hybridized carbons (Fsp3) is 0.389. The van der Waals surface area contributed by atoms with Gasteiger partial charge in [0.2, 0.25) is 0 Å². The summed E-state index contributed by atoms with van der Waals surface area (Å²) in [6.45, 7) is 3.44. The molecule has 0 spiro atoms.